The Morgan fingerprint density at radius 2 is 1.67 bits per heavy atom. The van der Waals surface area contributed by atoms with Gasteiger partial charge in [-0.05, 0) is 28.9 Å². The Balaban J connectivity index is 2.39. The Bertz CT molecular complexity index is 1170. The lowest BCUT2D eigenvalue weighted by molar-refractivity contribution is 1.51. The van der Waals surface area contributed by atoms with Gasteiger partial charge in [0, 0.05) is 10.8 Å². The molecule has 0 saturated heterocycles. The Morgan fingerprint density at radius 3 is 2.67 bits per heavy atom. The minimum Gasteiger partial charge on any atom is -0.248 e. The van der Waals surface area contributed by atoms with Gasteiger partial charge in [0.15, 0.2) is 0 Å². The van der Waals surface area contributed by atoms with Crippen molar-refractivity contribution in [2.45, 2.75) is 0 Å². The van der Waals surface area contributed by atoms with E-state index < -0.39 is 6.04 Å². The van der Waals surface area contributed by atoms with Crippen LogP contribution in [-0.4, -0.2) is 4.98 Å². The van der Waals surface area contributed by atoms with E-state index in [-0.39, 0.29) is 46.5 Å². The van der Waals surface area contributed by atoms with Crippen molar-refractivity contribution in [1.29, 1.82) is 0 Å². The van der Waals surface area contributed by atoms with E-state index in [2.05, 4.69) is 4.98 Å². The zero-order valence-corrected chi connectivity index (χ0v) is 9.33. The molecule has 18 heavy (non-hydrogen) atoms. The largest absolute Gasteiger partial charge is 0.248 e. The molecular formula is C17H11N. The van der Waals surface area contributed by atoms with Crippen LogP contribution in [0.4, 0.5) is 0 Å². The van der Waals surface area contributed by atoms with Crippen LogP contribution in [-0.2, 0) is 0 Å². The lowest BCUT2D eigenvalue weighted by Crippen LogP contribution is -1.83. The number of hydrogen-bond acceptors (Lipinski definition) is 1. The van der Waals surface area contributed by atoms with E-state index >= 15 is 0 Å². The Labute approximate surface area is 113 Å². The van der Waals surface area contributed by atoms with Gasteiger partial charge in [0.2, 0.25) is 0 Å². The number of aromatic nitrogens is 1. The number of hydrogen-bond donors (Lipinski definition) is 0. The Morgan fingerprint density at radius 1 is 0.778 bits per heavy atom. The summed E-state index contributed by atoms with van der Waals surface area (Å²) in [5.41, 5.74) is 0.953. The molecule has 1 nitrogen and oxygen atoms in total. The van der Waals surface area contributed by atoms with E-state index in [0.717, 1.165) is 5.39 Å². The molecule has 0 radical (unpaired) electrons. The van der Waals surface area contributed by atoms with Crippen LogP contribution in [0.3, 0.4) is 0 Å². The quantitative estimate of drug-likeness (QED) is 0.322. The first-order valence-corrected chi connectivity index (χ1v) is 5.60. The molecule has 3 aromatic carbocycles. The summed E-state index contributed by atoms with van der Waals surface area (Å²) in [5.74, 6) is 0. The first-order valence-electron chi connectivity index (χ1n) is 8.60. The first kappa shape index (κ1) is 5.49. The number of fused-ring (bicyclic) bond motifs is 4. The second-order valence-corrected chi connectivity index (χ2v) is 4.08. The molecule has 0 atom stereocenters. The highest BCUT2D eigenvalue weighted by atomic mass is 14.7. The highest BCUT2D eigenvalue weighted by Crippen LogP contribution is 2.26. The van der Waals surface area contributed by atoms with E-state index in [1.54, 1.807) is 6.07 Å². The molecule has 0 spiro atoms. The van der Waals surface area contributed by atoms with Gasteiger partial charge in [0.05, 0.1) is 19.3 Å². The molecule has 4 rings (SSSR count). The smallest absolute Gasteiger partial charge is 0.0716 e. The molecule has 0 aliphatic rings. The van der Waals surface area contributed by atoms with Gasteiger partial charge in [-0.3, -0.25) is 0 Å². The standard InChI is InChI=1S/C17H11N/c1-3-7-14-12(5-1)9-10-17-15(14)11-13-6-2-4-8-16(13)18-17/h1-11H/i1D,3D,5D,7D,9D,10D. The first-order chi connectivity index (χ1) is 11.4. The summed E-state index contributed by atoms with van der Waals surface area (Å²) in [7, 11) is 0. The van der Waals surface area contributed by atoms with E-state index in [0.29, 0.717) is 10.9 Å². The predicted molar refractivity (Wildman–Crippen MR) is 76.8 cm³/mol. The zero-order valence-electron chi connectivity index (χ0n) is 15.3. The Hall–Kier alpha value is -2.41. The molecule has 0 bridgehead atoms. The van der Waals surface area contributed by atoms with E-state index in [4.69, 9.17) is 8.22 Å². The summed E-state index contributed by atoms with van der Waals surface area (Å²) in [6, 6.07) is 7.53. The summed E-state index contributed by atoms with van der Waals surface area (Å²) in [5, 5.41) is 1.60. The average Bonchev–Trinajstić information content (AvgIpc) is 2.59. The van der Waals surface area contributed by atoms with Gasteiger partial charge >= 0.3 is 0 Å². The molecule has 0 N–H and O–H groups in total. The van der Waals surface area contributed by atoms with Crippen LogP contribution in [0.1, 0.15) is 8.22 Å². The van der Waals surface area contributed by atoms with Gasteiger partial charge in [-0.2, -0.15) is 0 Å². The fourth-order valence-electron chi connectivity index (χ4n) is 2.13. The molecule has 0 amide bonds. The van der Waals surface area contributed by atoms with Gasteiger partial charge in [-0.15, -0.1) is 0 Å². The molecule has 0 saturated carbocycles. The van der Waals surface area contributed by atoms with Crippen LogP contribution in [0.25, 0.3) is 32.6 Å². The summed E-state index contributed by atoms with van der Waals surface area (Å²) in [6.45, 7) is 0. The predicted octanol–water partition coefficient (Wildman–Crippen LogP) is 4.54. The molecule has 0 aliphatic heterocycles. The van der Waals surface area contributed by atoms with Gasteiger partial charge < -0.3 is 0 Å². The summed E-state index contributed by atoms with van der Waals surface area (Å²) < 4.78 is 48.5. The van der Waals surface area contributed by atoms with Crippen molar-refractivity contribution < 1.29 is 8.22 Å². The zero-order chi connectivity index (χ0) is 17.2. The summed E-state index contributed by atoms with van der Waals surface area (Å²) in [4.78, 5) is 4.45. The third kappa shape index (κ3) is 1.31. The van der Waals surface area contributed by atoms with Crippen molar-refractivity contribution in [2.24, 2.45) is 0 Å². The van der Waals surface area contributed by atoms with Crippen molar-refractivity contribution in [1.82, 2.24) is 4.98 Å². The fraction of sp³-hybridized carbons (Fsp3) is 0. The average molecular weight is 235 g/mol. The van der Waals surface area contributed by atoms with Crippen molar-refractivity contribution in [3.8, 4) is 0 Å². The monoisotopic (exact) mass is 235 g/mol. The maximum absolute atomic E-state index is 8.23. The van der Waals surface area contributed by atoms with Crippen molar-refractivity contribution in [3.63, 3.8) is 0 Å². The summed E-state index contributed by atoms with van der Waals surface area (Å²) >= 11 is 0. The van der Waals surface area contributed by atoms with Crippen LogP contribution in [0.5, 0.6) is 0 Å². The van der Waals surface area contributed by atoms with Crippen LogP contribution < -0.4 is 0 Å². The van der Waals surface area contributed by atoms with Gasteiger partial charge in [0.25, 0.3) is 0 Å². The lowest BCUT2D eigenvalue weighted by atomic mass is 10.0. The molecule has 0 unspecified atom stereocenters. The third-order valence-corrected chi connectivity index (χ3v) is 2.99. The van der Waals surface area contributed by atoms with E-state index in [9.17, 15) is 0 Å². The van der Waals surface area contributed by atoms with E-state index in [1.807, 2.05) is 24.3 Å². The molecule has 1 heteroatoms. The van der Waals surface area contributed by atoms with Crippen molar-refractivity contribution >= 4 is 32.6 Å². The SMILES string of the molecule is [2H]c1c([2H])c([2H])c2c(c1[2H])c([2H])c([2H])c1nc3ccccc3cc12. The van der Waals surface area contributed by atoms with Crippen molar-refractivity contribution in [3.05, 3.63) is 66.6 Å². The van der Waals surface area contributed by atoms with Crippen LogP contribution >= 0.6 is 0 Å². The van der Waals surface area contributed by atoms with E-state index in [1.165, 1.54) is 0 Å². The lowest BCUT2D eigenvalue weighted by Gasteiger charge is -2.05. The van der Waals surface area contributed by atoms with Crippen molar-refractivity contribution in [2.75, 3.05) is 0 Å². The van der Waals surface area contributed by atoms with Gasteiger partial charge in [0.1, 0.15) is 0 Å². The maximum Gasteiger partial charge on any atom is 0.0716 e. The normalized spacial score (nSPS) is 16.0. The van der Waals surface area contributed by atoms with Gasteiger partial charge in [-0.1, -0.05) is 48.4 Å². The molecule has 0 fully saturated rings. The highest BCUT2D eigenvalue weighted by Gasteiger charge is 2.02. The van der Waals surface area contributed by atoms with Crippen LogP contribution in [0.15, 0.2) is 66.6 Å². The third-order valence-electron chi connectivity index (χ3n) is 2.99. The molecule has 0 aliphatic carbocycles. The molecule has 1 aromatic heterocycles. The topological polar surface area (TPSA) is 12.9 Å². The second kappa shape index (κ2) is 3.54. The van der Waals surface area contributed by atoms with Crippen LogP contribution in [0, 0.1) is 0 Å². The highest BCUT2D eigenvalue weighted by molar-refractivity contribution is 6.09. The molecule has 1 heterocycles. The Kier molecular flexibility index (Phi) is 1.08. The molecular weight excluding hydrogens is 218 g/mol. The molecule has 84 valence electrons. The maximum atomic E-state index is 8.23. The number of nitrogens with zero attached hydrogens (tertiary/aromatic N) is 1. The minimum absolute atomic E-state index is 0.0654. The second-order valence-electron chi connectivity index (χ2n) is 4.08. The number of pyridine rings is 1. The summed E-state index contributed by atoms with van der Waals surface area (Å²) in [6.07, 6.45) is 0. The van der Waals surface area contributed by atoms with Gasteiger partial charge in [-0.25, -0.2) is 4.98 Å². The fourth-order valence-corrected chi connectivity index (χ4v) is 2.13. The van der Waals surface area contributed by atoms with Crippen LogP contribution in [0.2, 0.25) is 0 Å². The minimum atomic E-state index is -0.395. The number of benzene rings is 3. The number of para-hydroxylation sites is 1. The number of rotatable bonds is 0. The molecule has 4 aromatic rings.